The number of benzene rings is 4. The Kier molecular flexibility index (Phi) is 7.54. The molecule has 4 aromatic rings. The van der Waals surface area contributed by atoms with E-state index in [1.54, 1.807) is 29.2 Å². The Morgan fingerprint density at radius 2 is 1.38 bits per heavy atom. The van der Waals surface area contributed by atoms with E-state index in [4.69, 9.17) is 0 Å². The zero-order valence-electron chi connectivity index (χ0n) is 20.0. The number of halogens is 1. The van der Waals surface area contributed by atoms with Crippen LogP contribution >= 0.6 is 15.9 Å². The van der Waals surface area contributed by atoms with E-state index in [1.165, 1.54) is 0 Å². The Bertz CT molecular complexity index is 1380. The van der Waals surface area contributed by atoms with Crippen molar-refractivity contribution >= 4 is 39.1 Å². The second-order valence-electron chi connectivity index (χ2n) is 8.76. The topological polar surface area (TPSA) is 65.0 Å². The van der Waals surface area contributed by atoms with Crippen LogP contribution in [0.5, 0.6) is 0 Å². The van der Waals surface area contributed by atoms with Crippen molar-refractivity contribution in [1.29, 1.82) is 0 Å². The SMILES string of the molecule is O=C(NN=C1C(=O)N(CN(Cc2ccccc2)Cc2ccccc2)c2ccc(Br)cc21)c1ccccc1. The molecule has 0 unspecified atom stereocenters. The number of hydrazone groups is 1. The highest BCUT2D eigenvalue weighted by atomic mass is 79.9. The number of anilines is 1. The highest BCUT2D eigenvalue weighted by molar-refractivity contribution is 9.10. The molecule has 0 fully saturated rings. The summed E-state index contributed by atoms with van der Waals surface area (Å²) in [5.74, 6) is -0.627. The number of carbonyl (C=O) groups excluding carboxylic acids is 2. The van der Waals surface area contributed by atoms with E-state index in [0.29, 0.717) is 30.9 Å². The lowest BCUT2D eigenvalue weighted by Crippen LogP contribution is -2.41. The average molecular weight is 553 g/mol. The fourth-order valence-corrected chi connectivity index (χ4v) is 4.70. The lowest BCUT2D eigenvalue weighted by Gasteiger charge is -2.28. The summed E-state index contributed by atoms with van der Waals surface area (Å²) in [6.45, 7) is 1.70. The van der Waals surface area contributed by atoms with Gasteiger partial charge in [0.05, 0.1) is 12.4 Å². The molecule has 184 valence electrons. The molecule has 0 spiro atoms. The molecule has 2 amide bonds. The highest BCUT2D eigenvalue weighted by Gasteiger charge is 2.35. The lowest BCUT2D eigenvalue weighted by molar-refractivity contribution is -0.112. The minimum atomic E-state index is -0.370. The van der Waals surface area contributed by atoms with Crippen LogP contribution in [0.3, 0.4) is 0 Å². The average Bonchev–Trinajstić information content (AvgIpc) is 3.18. The summed E-state index contributed by atoms with van der Waals surface area (Å²) in [5.41, 5.74) is 6.98. The second kappa shape index (κ2) is 11.3. The van der Waals surface area contributed by atoms with Gasteiger partial charge in [-0.1, -0.05) is 94.8 Å². The van der Waals surface area contributed by atoms with Crippen LogP contribution in [-0.4, -0.2) is 29.1 Å². The molecular weight excluding hydrogens is 528 g/mol. The number of hydrogen-bond acceptors (Lipinski definition) is 4. The summed E-state index contributed by atoms with van der Waals surface area (Å²) in [7, 11) is 0. The molecule has 0 bridgehead atoms. The predicted molar refractivity (Wildman–Crippen MR) is 149 cm³/mol. The van der Waals surface area contributed by atoms with Crippen molar-refractivity contribution in [2.45, 2.75) is 13.1 Å². The number of amides is 2. The Hall–Kier alpha value is -4.07. The van der Waals surface area contributed by atoms with Gasteiger partial charge in [-0.25, -0.2) is 5.43 Å². The minimum absolute atomic E-state index is 0.208. The molecule has 0 aromatic heterocycles. The van der Waals surface area contributed by atoms with Gasteiger partial charge in [-0.3, -0.25) is 19.4 Å². The molecule has 5 rings (SSSR count). The van der Waals surface area contributed by atoms with Gasteiger partial charge < -0.3 is 0 Å². The van der Waals surface area contributed by atoms with Crippen molar-refractivity contribution in [3.05, 3.63) is 136 Å². The van der Waals surface area contributed by atoms with Crippen LogP contribution in [-0.2, 0) is 17.9 Å². The van der Waals surface area contributed by atoms with Crippen molar-refractivity contribution in [2.75, 3.05) is 11.6 Å². The van der Waals surface area contributed by atoms with Gasteiger partial charge in [0.25, 0.3) is 11.8 Å². The Morgan fingerprint density at radius 3 is 1.97 bits per heavy atom. The molecular formula is C30H25BrN4O2. The third-order valence-corrected chi connectivity index (χ3v) is 6.59. The molecule has 0 saturated heterocycles. The minimum Gasteiger partial charge on any atom is -0.293 e. The maximum absolute atomic E-state index is 13.7. The number of carbonyl (C=O) groups is 2. The first kappa shape index (κ1) is 24.6. The summed E-state index contributed by atoms with van der Waals surface area (Å²) in [5, 5.41) is 4.28. The van der Waals surface area contributed by atoms with Crippen molar-refractivity contribution in [3.8, 4) is 0 Å². The molecule has 37 heavy (non-hydrogen) atoms. The molecule has 0 aliphatic carbocycles. The van der Waals surface area contributed by atoms with E-state index in [2.05, 4.69) is 55.6 Å². The molecule has 6 nitrogen and oxygen atoms in total. The van der Waals surface area contributed by atoms with Crippen molar-refractivity contribution in [2.24, 2.45) is 5.10 Å². The van der Waals surface area contributed by atoms with E-state index >= 15 is 0 Å². The van der Waals surface area contributed by atoms with Crippen molar-refractivity contribution < 1.29 is 9.59 Å². The van der Waals surface area contributed by atoms with Gasteiger partial charge in [-0.15, -0.1) is 0 Å². The standard InChI is InChI=1S/C30H25BrN4O2/c31-25-16-17-27-26(18-25)28(32-33-29(36)24-14-8-3-9-15-24)30(37)35(27)21-34(19-22-10-4-1-5-11-22)20-23-12-6-2-7-13-23/h1-18H,19-21H2,(H,33,36). The molecule has 0 radical (unpaired) electrons. The second-order valence-corrected chi connectivity index (χ2v) is 9.68. The summed E-state index contributed by atoms with van der Waals surface area (Å²) in [6.07, 6.45) is 0. The summed E-state index contributed by atoms with van der Waals surface area (Å²) < 4.78 is 0.827. The molecule has 1 aliphatic rings. The number of hydrogen-bond donors (Lipinski definition) is 1. The smallest absolute Gasteiger partial charge is 0.280 e. The molecule has 1 heterocycles. The molecule has 7 heteroatoms. The highest BCUT2D eigenvalue weighted by Crippen LogP contribution is 2.32. The van der Waals surface area contributed by atoms with Crippen molar-refractivity contribution in [3.63, 3.8) is 0 Å². The maximum atomic E-state index is 13.7. The van der Waals surface area contributed by atoms with Gasteiger partial charge in [-0.05, 0) is 41.5 Å². The third-order valence-electron chi connectivity index (χ3n) is 6.10. The van der Waals surface area contributed by atoms with E-state index in [1.807, 2.05) is 60.7 Å². The first-order chi connectivity index (χ1) is 18.1. The normalized spacial score (nSPS) is 13.7. The van der Waals surface area contributed by atoms with E-state index in [0.717, 1.165) is 21.3 Å². The van der Waals surface area contributed by atoms with Crippen LogP contribution in [0.4, 0.5) is 5.69 Å². The largest absolute Gasteiger partial charge is 0.293 e. The van der Waals surface area contributed by atoms with E-state index in [9.17, 15) is 9.59 Å². The fraction of sp³-hybridized carbons (Fsp3) is 0.100. The first-order valence-corrected chi connectivity index (χ1v) is 12.7. The number of fused-ring (bicyclic) bond motifs is 1. The Labute approximate surface area is 224 Å². The first-order valence-electron chi connectivity index (χ1n) is 11.9. The summed E-state index contributed by atoms with van der Waals surface area (Å²) in [4.78, 5) is 30.2. The molecule has 1 aliphatic heterocycles. The predicted octanol–water partition coefficient (Wildman–Crippen LogP) is 5.59. The van der Waals surface area contributed by atoms with Crippen LogP contribution in [0, 0.1) is 0 Å². The summed E-state index contributed by atoms with van der Waals surface area (Å²) in [6, 6.07) is 34.9. The van der Waals surface area contributed by atoms with E-state index in [-0.39, 0.29) is 17.5 Å². The molecule has 0 atom stereocenters. The van der Waals surface area contributed by atoms with Gasteiger partial charge in [0.1, 0.15) is 0 Å². The monoisotopic (exact) mass is 552 g/mol. The van der Waals surface area contributed by atoms with Crippen LogP contribution < -0.4 is 10.3 Å². The number of nitrogens with one attached hydrogen (secondary N) is 1. The number of nitrogens with zero attached hydrogens (tertiary/aromatic N) is 3. The lowest BCUT2D eigenvalue weighted by atomic mass is 10.1. The quantitative estimate of drug-likeness (QED) is 0.290. The molecule has 1 N–H and O–H groups in total. The van der Waals surface area contributed by atoms with E-state index < -0.39 is 0 Å². The van der Waals surface area contributed by atoms with Crippen LogP contribution in [0.1, 0.15) is 27.0 Å². The van der Waals surface area contributed by atoms with Crippen LogP contribution in [0.15, 0.2) is 119 Å². The van der Waals surface area contributed by atoms with Gasteiger partial charge in [0.15, 0.2) is 5.71 Å². The van der Waals surface area contributed by atoms with Gasteiger partial charge in [-0.2, -0.15) is 5.10 Å². The fourth-order valence-electron chi connectivity index (χ4n) is 4.33. The third kappa shape index (κ3) is 5.85. The maximum Gasteiger partial charge on any atom is 0.280 e. The zero-order chi connectivity index (χ0) is 25.6. The molecule has 0 saturated carbocycles. The Morgan fingerprint density at radius 1 is 0.811 bits per heavy atom. The van der Waals surface area contributed by atoms with Crippen molar-refractivity contribution in [1.82, 2.24) is 10.3 Å². The zero-order valence-corrected chi connectivity index (χ0v) is 21.6. The number of rotatable bonds is 8. The molecule has 4 aromatic carbocycles. The van der Waals surface area contributed by atoms with Crippen LogP contribution in [0.25, 0.3) is 0 Å². The van der Waals surface area contributed by atoms with Gasteiger partial charge >= 0.3 is 0 Å². The van der Waals surface area contributed by atoms with Gasteiger partial charge in [0.2, 0.25) is 0 Å². The van der Waals surface area contributed by atoms with Crippen LogP contribution in [0.2, 0.25) is 0 Å². The Balaban J connectivity index is 1.43. The summed E-state index contributed by atoms with van der Waals surface area (Å²) >= 11 is 3.51. The van der Waals surface area contributed by atoms with Gasteiger partial charge in [0, 0.05) is 28.7 Å².